The third-order valence-electron chi connectivity index (χ3n) is 2.84. The van der Waals surface area contributed by atoms with Gasteiger partial charge in [-0.3, -0.25) is 4.79 Å². The fraction of sp³-hybridized carbons (Fsp3) is 0.500. The first-order chi connectivity index (χ1) is 8.71. The first kappa shape index (κ1) is 14.5. The summed E-state index contributed by atoms with van der Waals surface area (Å²) in [7, 11) is 0. The van der Waals surface area contributed by atoms with Crippen LogP contribution in [0.4, 0.5) is 5.69 Å². The lowest BCUT2D eigenvalue weighted by atomic mass is 10.0. The van der Waals surface area contributed by atoms with Crippen molar-refractivity contribution in [2.24, 2.45) is 11.7 Å². The molecule has 0 aliphatic carbocycles. The van der Waals surface area contributed by atoms with Gasteiger partial charge in [0.2, 0.25) is 5.91 Å². The molecule has 100 valence electrons. The van der Waals surface area contributed by atoms with Crippen LogP contribution in [0.3, 0.4) is 0 Å². The summed E-state index contributed by atoms with van der Waals surface area (Å²) in [6.45, 7) is 5.00. The Kier molecular flexibility index (Phi) is 6.22. The number of nitrogens with one attached hydrogen (secondary N) is 1. The van der Waals surface area contributed by atoms with Crippen molar-refractivity contribution in [3.8, 4) is 5.75 Å². The third-order valence-corrected chi connectivity index (χ3v) is 2.84. The van der Waals surface area contributed by atoms with Crippen molar-refractivity contribution in [1.82, 2.24) is 0 Å². The number of nitrogens with two attached hydrogens (primary N) is 1. The van der Waals surface area contributed by atoms with Gasteiger partial charge < -0.3 is 15.8 Å². The molecule has 0 aromatic heterocycles. The fourth-order valence-corrected chi connectivity index (χ4v) is 1.74. The van der Waals surface area contributed by atoms with Crippen molar-refractivity contribution in [2.75, 3.05) is 18.5 Å². The maximum atomic E-state index is 11.9. The number of benzene rings is 1. The van der Waals surface area contributed by atoms with E-state index in [4.69, 9.17) is 10.5 Å². The van der Waals surface area contributed by atoms with E-state index < -0.39 is 0 Å². The number of carbonyl (C=O) groups excluding carboxylic acids is 1. The minimum absolute atomic E-state index is 0.0657. The number of rotatable bonds is 7. The molecule has 0 aliphatic rings. The predicted molar refractivity (Wildman–Crippen MR) is 73.7 cm³/mol. The van der Waals surface area contributed by atoms with Gasteiger partial charge in [-0.25, -0.2) is 0 Å². The van der Waals surface area contributed by atoms with Crippen LogP contribution in [0.2, 0.25) is 0 Å². The highest BCUT2D eigenvalue weighted by Gasteiger charge is 2.14. The zero-order valence-corrected chi connectivity index (χ0v) is 11.1. The number of carbonyl (C=O) groups is 1. The average molecular weight is 250 g/mol. The van der Waals surface area contributed by atoms with Crippen molar-refractivity contribution in [3.05, 3.63) is 24.3 Å². The summed E-state index contributed by atoms with van der Waals surface area (Å²) in [4.78, 5) is 11.9. The predicted octanol–water partition coefficient (Wildman–Crippen LogP) is 2.40. The van der Waals surface area contributed by atoms with Crippen molar-refractivity contribution in [2.45, 2.75) is 26.7 Å². The minimum Gasteiger partial charge on any atom is -0.492 e. The van der Waals surface area contributed by atoms with E-state index in [1.807, 2.05) is 38.1 Å². The third kappa shape index (κ3) is 4.37. The maximum absolute atomic E-state index is 11.9. The highest BCUT2D eigenvalue weighted by atomic mass is 16.5. The van der Waals surface area contributed by atoms with E-state index in [2.05, 4.69) is 5.32 Å². The van der Waals surface area contributed by atoms with Crippen LogP contribution < -0.4 is 15.8 Å². The molecule has 4 nitrogen and oxygen atoms in total. The molecule has 0 aliphatic heterocycles. The van der Waals surface area contributed by atoms with E-state index in [1.54, 1.807) is 0 Å². The first-order valence-corrected chi connectivity index (χ1v) is 6.45. The molecule has 0 fully saturated rings. The zero-order valence-electron chi connectivity index (χ0n) is 11.1. The lowest BCUT2D eigenvalue weighted by molar-refractivity contribution is -0.120. The normalized spacial score (nSPS) is 10.4. The summed E-state index contributed by atoms with van der Waals surface area (Å²) in [6, 6.07) is 7.38. The lowest BCUT2D eigenvalue weighted by Crippen LogP contribution is -2.21. The van der Waals surface area contributed by atoms with Crippen molar-refractivity contribution < 1.29 is 9.53 Å². The van der Waals surface area contributed by atoms with Gasteiger partial charge in [-0.2, -0.15) is 0 Å². The van der Waals surface area contributed by atoms with Crippen LogP contribution in [0.25, 0.3) is 0 Å². The van der Waals surface area contributed by atoms with E-state index >= 15 is 0 Å². The minimum atomic E-state index is 0.0657. The monoisotopic (exact) mass is 250 g/mol. The van der Waals surface area contributed by atoms with E-state index in [0.717, 1.165) is 24.3 Å². The lowest BCUT2D eigenvalue weighted by Gasteiger charge is -2.13. The Hall–Kier alpha value is -1.55. The topological polar surface area (TPSA) is 64.3 Å². The Morgan fingerprint density at radius 1 is 1.39 bits per heavy atom. The second-order valence-corrected chi connectivity index (χ2v) is 4.17. The van der Waals surface area contributed by atoms with Crippen LogP contribution in [0.5, 0.6) is 5.75 Å². The van der Waals surface area contributed by atoms with Gasteiger partial charge in [0.25, 0.3) is 0 Å². The second-order valence-electron chi connectivity index (χ2n) is 4.17. The summed E-state index contributed by atoms with van der Waals surface area (Å²) >= 11 is 0. The molecule has 0 saturated heterocycles. The SMILES string of the molecule is CCC(CC)C(=O)Nc1cccc(OCCN)c1. The maximum Gasteiger partial charge on any atom is 0.227 e. The van der Waals surface area contributed by atoms with Gasteiger partial charge >= 0.3 is 0 Å². The van der Waals surface area contributed by atoms with Gasteiger partial charge in [0, 0.05) is 24.2 Å². The molecule has 0 heterocycles. The molecule has 1 aromatic rings. The molecule has 0 unspecified atom stereocenters. The number of anilines is 1. The molecule has 0 radical (unpaired) electrons. The van der Waals surface area contributed by atoms with Gasteiger partial charge in [0.05, 0.1) is 0 Å². The first-order valence-electron chi connectivity index (χ1n) is 6.45. The zero-order chi connectivity index (χ0) is 13.4. The van der Waals surface area contributed by atoms with Gasteiger partial charge in [-0.05, 0) is 25.0 Å². The quantitative estimate of drug-likeness (QED) is 0.781. The fourth-order valence-electron chi connectivity index (χ4n) is 1.74. The van der Waals surface area contributed by atoms with Crippen LogP contribution >= 0.6 is 0 Å². The molecule has 0 saturated carbocycles. The summed E-state index contributed by atoms with van der Waals surface area (Å²) in [6.07, 6.45) is 1.71. The highest BCUT2D eigenvalue weighted by molar-refractivity contribution is 5.92. The van der Waals surface area contributed by atoms with Crippen LogP contribution in [0.15, 0.2) is 24.3 Å². The Morgan fingerprint density at radius 3 is 2.72 bits per heavy atom. The van der Waals surface area contributed by atoms with E-state index in [0.29, 0.717) is 13.2 Å². The van der Waals surface area contributed by atoms with Crippen LogP contribution in [-0.2, 0) is 4.79 Å². The molecule has 18 heavy (non-hydrogen) atoms. The smallest absolute Gasteiger partial charge is 0.227 e. The van der Waals surface area contributed by atoms with Gasteiger partial charge in [0.15, 0.2) is 0 Å². The van der Waals surface area contributed by atoms with Crippen LogP contribution in [0, 0.1) is 5.92 Å². The Labute approximate surface area is 109 Å². The highest BCUT2D eigenvalue weighted by Crippen LogP contribution is 2.19. The molecule has 4 heteroatoms. The van der Waals surface area contributed by atoms with Crippen molar-refractivity contribution >= 4 is 11.6 Å². The van der Waals surface area contributed by atoms with Gasteiger partial charge in [0.1, 0.15) is 12.4 Å². The molecule has 0 spiro atoms. The van der Waals surface area contributed by atoms with Gasteiger partial charge in [-0.15, -0.1) is 0 Å². The number of amides is 1. The molecular weight excluding hydrogens is 228 g/mol. The van der Waals surface area contributed by atoms with Crippen LogP contribution in [-0.4, -0.2) is 19.1 Å². The summed E-state index contributed by atoms with van der Waals surface area (Å²) in [5.74, 6) is 0.859. The van der Waals surface area contributed by atoms with E-state index in [9.17, 15) is 4.79 Å². The number of hydrogen-bond donors (Lipinski definition) is 2. The standard InChI is InChI=1S/C14H22N2O2/c1-3-11(4-2)14(17)16-12-6-5-7-13(10-12)18-9-8-15/h5-7,10-11H,3-4,8-9,15H2,1-2H3,(H,16,17). The van der Waals surface area contributed by atoms with Crippen molar-refractivity contribution in [1.29, 1.82) is 0 Å². The largest absolute Gasteiger partial charge is 0.492 e. The Morgan fingerprint density at radius 2 is 2.11 bits per heavy atom. The second kappa shape index (κ2) is 7.71. The summed E-state index contributed by atoms with van der Waals surface area (Å²) in [5, 5.41) is 2.91. The molecule has 1 rings (SSSR count). The molecule has 1 aromatic carbocycles. The Bertz CT molecular complexity index is 376. The number of ether oxygens (including phenoxy) is 1. The molecule has 1 amide bonds. The van der Waals surface area contributed by atoms with E-state index in [-0.39, 0.29) is 11.8 Å². The average Bonchev–Trinajstić information content (AvgIpc) is 2.38. The number of hydrogen-bond acceptors (Lipinski definition) is 3. The molecule has 3 N–H and O–H groups in total. The molecular formula is C14H22N2O2. The summed E-state index contributed by atoms with van der Waals surface area (Å²) < 4.78 is 5.41. The van der Waals surface area contributed by atoms with E-state index in [1.165, 1.54) is 0 Å². The Balaban J connectivity index is 2.63. The molecule has 0 atom stereocenters. The van der Waals surface area contributed by atoms with Crippen LogP contribution in [0.1, 0.15) is 26.7 Å². The summed E-state index contributed by atoms with van der Waals surface area (Å²) in [5.41, 5.74) is 6.14. The van der Waals surface area contributed by atoms with Gasteiger partial charge in [-0.1, -0.05) is 19.9 Å². The van der Waals surface area contributed by atoms with Crippen molar-refractivity contribution in [3.63, 3.8) is 0 Å². The molecule has 0 bridgehead atoms.